The number of nitrogens with zero attached hydrogens (tertiary/aromatic N) is 3. The number of H-pyrrole nitrogens is 1. The van der Waals surface area contributed by atoms with Crippen molar-refractivity contribution in [3.63, 3.8) is 0 Å². The standard InChI is InChI=1S/C12H12N4.C2H7N.C2H6/c1-9-5-14-12-3-2-10(4-11(9)12)6-16-8-13-7-15-16;1-3-2;1-2/h2-5,7-8,14H,6H2,1H3;3H,1-2H3;1-2H3. The molecule has 1 aromatic carbocycles. The van der Waals surface area contributed by atoms with Gasteiger partial charge in [-0.05, 0) is 44.3 Å². The third-order valence-electron chi connectivity index (χ3n) is 2.76. The molecule has 0 aliphatic carbocycles. The van der Waals surface area contributed by atoms with Gasteiger partial charge in [0.25, 0.3) is 0 Å². The summed E-state index contributed by atoms with van der Waals surface area (Å²) in [6.45, 7) is 6.87. The Morgan fingerprint density at radius 3 is 2.57 bits per heavy atom. The Hall–Kier alpha value is -2.14. The van der Waals surface area contributed by atoms with E-state index in [1.165, 1.54) is 22.0 Å². The highest BCUT2D eigenvalue weighted by molar-refractivity contribution is 5.83. The van der Waals surface area contributed by atoms with Crippen molar-refractivity contribution < 1.29 is 0 Å². The van der Waals surface area contributed by atoms with Crippen molar-refractivity contribution in [2.45, 2.75) is 27.3 Å². The lowest BCUT2D eigenvalue weighted by Crippen LogP contribution is -1.99. The number of aryl methyl sites for hydroxylation is 1. The van der Waals surface area contributed by atoms with Crippen molar-refractivity contribution in [3.8, 4) is 0 Å². The summed E-state index contributed by atoms with van der Waals surface area (Å²) in [4.78, 5) is 7.17. The minimum atomic E-state index is 0.764. The Morgan fingerprint density at radius 1 is 1.24 bits per heavy atom. The average molecular weight is 287 g/mol. The lowest BCUT2D eigenvalue weighted by molar-refractivity contribution is 0.685. The number of aromatic amines is 1. The van der Waals surface area contributed by atoms with Gasteiger partial charge in [0.1, 0.15) is 12.7 Å². The number of aromatic nitrogens is 4. The Balaban J connectivity index is 0.000000395. The van der Waals surface area contributed by atoms with Crippen LogP contribution in [0.5, 0.6) is 0 Å². The van der Waals surface area contributed by atoms with Crippen LogP contribution in [-0.2, 0) is 6.54 Å². The van der Waals surface area contributed by atoms with Gasteiger partial charge >= 0.3 is 0 Å². The minimum absolute atomic E-state index is 0.764. The molecule has 0 atom stereocenters. The van der Waals surface area contributed by atoms with Crippen LogP contribution >= 0.6 is 0 Å². The van der Waals surface area contributed by atoms with E-state index in [1.807, 2.05) is 38.8 Å². The number of hydrogen-bond acceptors (Lipinski definition) is 3. The summed E-state index contributed by atoms with van der Waals surface area (Å²) < 4.78 is 1.82. The van der Waals surface area contributed by atoms with E-state index >= 15 is 0 Å². The lowest BCUT2D eigenvalue weighted by Gasteiger charge is -2.01. The van der Waals surface area contributed by atoms with Crippen LogP contribution in [0.2, 0.25) is 0 Å². The van der Waals surface area contributed by atoms with Gasteiger partial charge in [-0.1, -0.05) is 19.9 Å². The first-order chi connectivity index (χ1) is 10.2. The molecule has 0 fully saturated rings. The van der Waals surface area contributed by atoms with E-state index in [4.69, 9.17) is 0 Å². The van der Waals surface area contributed by atoms with E-state index in [0.29, 0.717) is 0 Å². The molecule has 2 aromatic heterocycles. The third-order valence-corrected chi connectivity index (χ3v) is 2.76. The van der Waals surface area contributed by atoms with Gasteiger partial charge in [0, 0.05) is 17.1 Å². The summed E-state index contributed by atoms with van der Waals surface area (Å²) in [6, 6.07) is 6.41. The van der Waals surface area contributed by atoms with Gasteiger partial charge in [0.05, 0.1) is 6.54 Å². The Kier molecular flexibility index (Phi) is 7.18. The van der Waals surface area contributed by atoms with Crippen LogP contribution in [-0.4, -0.2) is 33.8 Å². The summed E-state index contributed by atoms with van der Waals surface area (Å²) in [5.74, 6) is 0. The van der Waals surface area contributed by atoms with Crippen molar-refractivity contribution in [2.24, 2.45) is 0 Å². The zero-order valence-electron chi connectivity index (χ0n) is 13.5. The van der Waals surface area contributed by atoms with Gasteiger partial charge in [0.15, 0.2) is 0 Å². The maximum atomic E-state index is 4.10. The molecule has 2 heterocycles. The van der Waals surface area contributed by atoms with Crippen molar-refractivity contribution in [2.75, 3.05) is 14.1 Å². The SMILES string of the molecule is CC.CNC.Cc1c[nH]c2ccc(Cn3cncn3)cc12. The van der Waals surface area contributed by atoms with E-state index in [0.717, 1.165) is 6.54 Å². The molecule has 5 nitrogen and oxygen atoms in total. The summed E-state index contributed by atoms with van der Waals surface area (Å²) in [7, 11) is 3.75. The van der Waals surface area contributed by atoms with E-state index < -0.39 is 0 Å². The Morgan fingerprint density at radius 2 is 1.95 bits per heavy atom. The van der Waals surface area contributed by atoms with E-state index in [9.17, 15) is 0 Å². The first-order valence-corrected chi connectivity index (χ1v) is 7.22. The van der Waals surface area contributed by atoms with Gasteiger partial charge in [-0.3, -0.25) is 0 Å². The lowest BCUT2D eigenvalue weighted by atomic mass is 10.1. The molecule has 0 aliphatic heterocycles. The molecule has 0 unspecified atom stereocenters. The second kappa shape index (κ2) is 8.92. The van der Waals surface area contributed by atoms with E-state index in [2.05, 4.69) is 45.5 Å². The van der Waals surface area contributed by atoms with Gasteiger partial charge in [-0.2, -0.15) is 5.10 Å². The largest absolute Gasteiger partial charge is 0.361 e. The van der Waals surface area contributed by atoms with Crippen LogP contribution in [0.1, 0.15) is 25.0 Å². The zero-order valence-corrected chi connectivity index (χ0v) is 13.5. The van der Waals surface area contributed by atoms with Gasteiger partial charge in [-0.25, -0.2) is 9.67 Å². The quantitative estimate of drug-likeness (QED) is 0.762. The highest BCUT2D eigenvalue weighted by atomic mass is 15.3. The molecule has 0 bridgehead atoms. The second-order valence-corrected chi connectivity index (χ2v) is 4.44. The maximum Gasteiger partial charge on any atom is 0.137 e. The number of fused-ring (bicyclic) bond motifs is 1. The fraction of sp³-hybridized carbons (Fsp3) is 0.375. The fourth-order valence-corrected chi connectivity index (χ4v) is 1.91. The predicted molar refractivity (Wildman–Crippen MR) is 88.5 cm³/mol. The van der Waals surface area contributed by atoms with Gasteiger partial charge in [0.2, 0.25) is 0 Å². The molecular weight excluding hydrogens is 262 g/mol. The molecular formula is C16H25N5. The smallest absolute Gasteiger partial charge is 0.137 e. The molecule has 0 radical (unpaired) electrons. The van der Waals surface area contributed by atoms with Gasteiger partial charge < -0.3 is 10.3 Å². The number of rotatable bonds is 2. The molecule has 21 heavy (non-hydrogen) atoms. The minimum Gasteiger partial charge on any atom is -0.361 e. The van der Waals surface area contributed by atoms with Crippen molar-refractivity contribution in [1.29, 1.82) is 0 Å². The molecule has 3 aromatic rings. The molecule has 0 spiro atoms. The topological polar surface area (TPSA) is 58.5 Å². The summed E-state index contributed by atoms with van der Waals surface area (Å²) in [6.07, 6.45) is 5.32. The molecule has 2 N–H and O–H groups in total. The third kappa shape index (κ3) is 4.72. The molecule has 0 saturated carbocycles. The fourth-order valence-electron chi connectivity index (χ4n) is 1.91. The monoisotopic (exact) mass is 287 g/mol. The molecule has 0 saturated heterocycles. The number of benzene rings is 1. The number of hydrogen-bond donors (Lipinski definition) is 2. The first kappa shape index (κ1) is 16.9. The normalized spacial score (nSPS) is 9.57. The highest BCUT2D eigenvalue weighted by Crippen LogP contribution is 2.19. The second-order valence-electron chi connectivity index (χ2n) is 4.44. The molecule has 0 aliphatic rings. The first-order valence-electron chi connectivity index (χ1n) is 7.22. The molecule has 0 amide bonds. The summed E-state index contributed by atoms with van der Waals surface area (Å²) in [5, 5.41) is 8.12. The van der Waals surface area contributed by atoms with E-state index in [1.54, 1.807) is 12.7 Å². The molecule has 5 heteroatoms. The van der Waals surface area contributed by atoms with Crippen LogP contribution in [0.4, 0.5) is 0 Å². The van der Waals surface area contributed by atoms with Crippen molar-refractivity contribution >= 4 is 10.9 Å². The molecule has 3 rings (SSSR count). The Labute approximate surface area is 126 Å². The van der Waals surface area contributed by atoms with Gasteiger partial charge in [-0.15, -0.1) is 0 Å². The van der Waals surface area contributed by atoms with E-state index in [-0.39, 0.29) is 0 Å². The van der Waals surface area contributed by atoms with Crippen LogP contribution in [0.15, 0.2) is 37.1 Å². The molecule has 114 valence electrons. The van der Waals surface area contributed by atoms with Crippen LogP contribution in [0.25, 0.3) is 10.9 Å². The summed E-state index contributed by atoms with van der Waals surface area (Å²) >= 11 is 0. The van der Waals surface area contributed by atoms with Crippen molar-refractivity contribution in [1.82, 2.24) is 25.1 Å². The van der Waals surface area contributed by atoms with Crippen LogP contribution in [0, 0.1) is 6.92 Å². The van der Waals surface area contributed by atoms with Crippen LogP contribution in [0.3, 0.4) is 0 Å². The zero-order chi connectivity index (χ0) is 15.7. The predicted octanol–water partition coefficient (Wildman–Crippen LogP) is 2.98. The van der Waals surface area contributed by atoms with Crippen molar-refractivity contribution in [3.05, 3.63) is 48.2 Å². The number of nitrogens with one attached hydrogen (secondary N) is 2. The Bertz CT molecular complexity index is 625. The average Bonchev–Trinajstić information content (AvgIpc) is 3.13. The highest BCUT2D eigenvalue weighted by Gasteiger charge is 2.01. The summed E-state index contributed by atoms with van der Waals surface area (Å²) in [5.41, 5.74) is 3.69. The maximum absolute atomic E-state index is 4.10. The van der Waals surface area contributed by atoms with Crippen LogP contribution < -0.4 is 5.32 Å².